The van der Waals surface area contributed by atoms with Crippen LogP contribution in [0.3, 0.4) is 0 Å². The predicted molar refractivity (Wildman–Crippen MR) is 78.1 cm³/mol. The highest BCUT2D eigenvalue weighted by atomic mass is 127. The van der Waals surface area contributed by atoms with Crippen LogP contribution in [-0.2, 0) is 14.3 Å². The van der Waals surface area contributed by atoms with Crippen LogP contribution in [0.2, 0.25) is 0 Å². The van der Waals surface area contributed by atoms with E-state index in [1.807, 2.05) is 25.1 Å². The van der Waals surface area contributed by atoms with Gasteiger partial charge in [0.1, 0.15) is 6.10 Å². The van der Waals surface area contributed by atoms with E-state index in [4.69, 9.17) is 9.84 Å². The van der Waals surface area contributed by atoms with E-state index in [9.17, 15) is 9.59 Å². The molecule has 6 heteroatoms. The number of ether oxygens (including phenoxy) is 1. The number of nitrogens with one attached hydrogen (secondary N) is 1. The molecule has 0 radical (unpaired) electrons. The van der Waals surface area contributed by atoms with Crippen LogP contribution in [0.25, 0.3) is 0 Å². The van der Waals surface area contributed by atoms with Crippen molar-refractivity contribution in [3.05, 3.63) is 27.3 Å². The summed E-state index contributed by atoms with van der Waals surface area (Å²) in [4.78, 5) is 22.8. The van der Waals surface area contributed by atoms with Crippen molar-refractivity contribution in [1.29, 1.82) is 0 Å². The quantitative estimate of drug-likeness (QED) is 0.795. The third kappa shape index (κ3) is 3.44. The van der Waals surface area contributed by atoms with E-state index in [0.717, 1.165) is 14.8 Å². The average molecular weight is 375 g/mol. The molecule has 1 heterocycles. The fourth-order valence-corrected chi connectivity index (χ4v) is 2.64. The highest BCUT2D eigenvalue weighted by molar-refractivity contribution is 14.1. The molecule has 0 aliphatic carbocycles. The van der Waals surface area contributed by atoms with Crippen molar-refractivity contribution in [3.8, 4) is 0 Å². The molecule has 2 N–H and O–H groups in total. The van der Waals surface area contributed by atoms with Crippen LogP contribution in [-0.4, -0.2) is 29.2 Å². The Kier molecular flexibility index (Phi) is 4.41. The summed E-state index contributed by atoms with van der Waals surface area (Å²) in [5, 5.41) is 11.6. The Morgan fingerprint density at radius 1 is 1.37 bits per heavy atom. The Hall–Kier alpha value is -1.15. The first kappa shape index (κ1) is 14.3. The smallest absolute Gasteiger partial charge is 0.332 e. The molecule has 1 aliphatic rings. The Morgan fingerprint density at radius 3 is 2.63 bits per heavy atom. The second-order valence-corrected chi connectivity index (χ2v) is 5.72. The molecule has 1 saturated heterocycles. The van der Waals surface area contributed by atoms with Gasteiger partial charge in [0.15, 0.2) is 6.10 Å². The third-order valence-corrected chi connectivity index (χ3v) is 3.70. The Morgan fingerprint density at radius 2 is 2.05 bits per heavy atom. The molecule has 0 bridgehead atoms. The van der Waals surface area contributed by atoms with Gasteiger partial charge in [0.2, 0.25) is 0 Å². The van der Waals surface area contributed by atoms with Crippen molar-refractivity contribution in [2.24, 2.45) is 0 Å². The summed E-state index contributed by atoms with van der Waals surface area (Å²) in [6.45, 7) is 1.91. The van der Waals surface area contributed by atoms with Gasteiger partial charge < -0.3 is 15.2 Å². The SMILES string of the molecule is Cc1cc(I)ccc1NC(=O)[C@@H]1CC[C@H](C(=O)O)O1. The molecule has 0 spiro atoms. The van der Waals surface area contributed by atoms with Gasteiger partial charge in [-0.1, -0.05) is 0 Å². The van der Waals surface area contributed by atoms with Gasteiger partial charge >= 0.3 is 5.97 Å². The number of aryl methyl sites for hydroxylation is 1. The minimum absolute atomic E-state index is 0.284. The third-order valence-electron chi connectivity index (χ3n) is 3.03. The van der Waals surface area contributed by atoms with Crippen LogP contribution in [0.4, 0.5) is 5.69 Å². The molecule has 1 fully saturated rings. The van der Waals surface area contributed by atoms with Gasteiger partial charge in [-0.2, -0.15) is 0 Å². The lowest BCUT2D eigenvalue weighted by atomic mass is 10.1. The number of anilines is 1. The lowest BCUT2D eigenvalue weighted by molar-refractivity contribution is -0.150. The molecule has 1 aromatic carbocycles. The molecule has 1 aliphatic heterocycles. The van der Waals surface area contributed by atoms with Gasteiger partial charge in [-0.3, -0.25) is 4.79 Å². The largest absolute Gasteiger partial charge is 0.479 e. The van der Waals surface area contributed by atoms with Gasteiger partial charge in [0.05, 0.1) is 0 Å². The highest BCUT2D eigenvalue weighted by Gasteiger charge is 2.34. The maximum atomic E-state index is 12.0. The zero-order chi connectivity index (χ0) is 14.0. The normalized spacial score (nSPS) is 22.2. The Bertz CT molecular complexity index is 517. The molecule has 5 nitrogen and oxygen atoms in total. The molecule has 1 amide bonds. The fraction of sp³-hybridized carbons (Fsp3) is 0.385. The first-order valence-corrected chi connectivity index (χ1v) is 7.00. The van der Waals surface area contributed by atoms with Crippen molar-refractivity contribution in [2.75, 3.05) is 5.32 Å². The van der Waals surface area contributed by atoms with Gasteiger partial charge in [-0.25, -0.2) is 4.79 Å². The highest BCUT2D eigenvalue weighted by Crippen LogP contribution is 2.23. The van der Waals surface area contributed by atoms with Gasteiger partial charge in [-0.05, 0) is 66.1 Å². The lowest BCUT2D eigenvalue weighted by Crippen LogP contribution is -2.30. The van der Waals surface area contributed by atoms with Crippen LogP contribution < -0.4 is 5.32 Å². The first-order valence-electron chi connectivity index (χ1n) is 5.92. The van der Waals surface area contributed by atoms with E-state index in [1.54, 1.807) is 0 Å². The topological polar surface area (TPSA) is 75.6 Å². The second-order valence-electron chi connectivity index (χ2n) is 4.48. The van der Waals surface area contributed by atoms with Crippen molar-refractivity contribution in [1.82, 2.24) is 0 Å². The maximum absolute atomic E-state index is 12.0. The Balaban J connectivity index is 2.00. The fourth-order valence-electron chi connectivity index (χ4n) is 1.99. The van der Waals surface area contributed by atoms with Gasteiger partial charge in [0, 0.05) is 9.26 Å². The van der Waals surface area contributed by atoms with Crippen LogP contribution >= 0.6 is 22.6 Å². The summed E-state index contributed by atoms with van der Waals surface area (Å²) in [5.41, 5.74) is 1.70. The van der Waals surface area contributed by atoms with E-state index in [0.29, 0.717) is 12.8 Å². The molecule has 2 atom stereocenters. The van der Waals surface area contributed by atoms with Crippen molar-refractivity contribution in [2.45, 2.75) is 32.0 Å². The number of rotatable bonds is 3. The number of halogens is 1. The maximum Gasteiger partial charge on any atom is 0.332 e. The zero-order valence-corrected chi connectivity index (χ0v) is 12.5. The molecule has 2 rings (SSSR count). The van der Waals surface area contributed by atoms with E-state index >= 15 is 0 Å². The van der Waals surface area contributed by atoms with Crippen LogP contribution in [0.15, 0.2) is 18.2 Å². The molecular weight excluding hydrogens is 361 g/mol. The number of hydrogen-bond acceptors (Lipinski definition) is 3. The number of amides is 1. The lowest BCUT2D eigenvalue weighted by Gasteiger charge is -2.13. The predicted octanol–water partition coefficient (Wildman–Crippen LogP) is 2.17. The standard InChI is InChI=1S/C13H14INO4/c1-7-6-8(14)2-3-9(7)15-12(16)10-4-5-11(19-10)13(17)18/h2-3,6,10-11H,4-5H2,1H3,(H,15,16)(H,17,18)/t10-,11+/m0/s1. The summed E-state index contributed by atoms with van der Waals surface area (Å²) in [7, 11) is 0. The van der Waals surface area contributed by atoms with Crippen molar-refractivity contribution < 1.29 is 19.4 Å². The van der Waals surface area contributed by atoms with E-state index in [2.05, 4.69) is 27.9 Å². The van der Waals surface area contributed by atoms with Crippen LogP contribution in [0, 0.1) is 10.5 Å². The second kappa shape index (κ2) is 5.87. The van der Waals surface area contributed by atoms with Crippen molar-refractivity contribution >= 4 is 40.2 Å². The van der Waals surface area contributed by atoms with E-state index < -0.39 is 18.2 Å². The van der Waals surface area contributed by atoms with Crippen LogP contribution in [0.5, 0.6) is 0 Å². The Labute approximate surface area is 124 Å². The number of aliphatic carboxylic acids is 1. The zero-order valence-electron chi connectivity index (χ0n) is 10.4. The number of carboxylic acid groups (broad SMARTS) is 1. The number of hydrogen-bond donors (Lipinski definition) is 2. The molecule has 0 aromatic heterocycles. The van der Waals surface area contributed by atoms with Crippen LogP contribution in [0.1, 0.15) is 18.4 Å². The number of benzene rings is 1. The van der Waals surface area contributed by atoms with E-state index in [1.165, 1.54) is 0 Å². The number of carbonyl (C=O) groups excluding carboxylic acids is 1. The monoisotopic (exact) mass is 375 g/mol. The minimum Gasteiger partial charge on any atom is -0.479 e. The molecular formula is C13H14INO4. The minimum atomic E-state index is -1.01. The van der Waals surface area contributed by atoms with Gasteiger partial charge in [0.25, 0.3) is 5.91 Å². The first-order chi connectivity index (χ1) is 8.97. The number of carbonyl (C=O) groups is 2. The molecule has 0 unspecified atom stereocenters. The molecule has 19 heavy (non-hydrogen) atoms. The average Bonchev–Trinajstić information content (AvgIpc) is 2.82. The number of carboxylic acids is 1. The summed E-state index contributed by atoms with van der Waals surface area (Å²) in [6, 6.07) is 5.70. The van der Waals surface area contributed by atoms with E-state index in [-0.39, 0.29) is 5.91 Å². The summed E-state index contributed by atoms with van der Waals surface area (Å²) in [6.07, 6.45) is -0.737. The summed E-state index contributed by atoms with van der Waals surface area (Å²) in [5.74, 6) is -1.30. The van der Waals surface area contributed by atoms with Crippen molar-refractivity contribution in [3.63, 3.8) is 0 Å². The summed E-state index contributed by atoms with van der Waals surface area (Å²) < 4.78 is 6.30. The summed E-state index contributed by atoms with van der Waals surface area (Å²) >= 11 is 2.20. The molecule has 1 aromatic rings. The van der Waals surface area contributed by atoms with Gasteiger partial charge in [-0.15, -0.1) is 0 Å². The molecule has 0 saturated carbocycles. The molecule has 102 valence electrons.